The maximum Gasteiger partial charge on any atom is 0.242 e. The average Bonchev–Trinajstić information content (AvgIpc) is 2.41. The molecule has 0 atom stereocenters. The highest BCUT2D eigenvalue weighted by atomic mass is 35.5. The molecular weight excluding hydrogens is 314 g/mol. The smallest absolute Gasteiger partial charge is 0.242 e. The molecule has 0 unspecified atom stereocenters. The summed E-state index contributed by atoms with van der Waals surface area (Å²) in [5.74, 6) is -0.489. The maximum absolute atomic E-state index is 12.3. The van der Waals surface area contributed by atoms with Gasteiger partial charge in [0.15, 0.2) is 0 Å². The van der Waals surface area contributed by atoms with Gasteiger partial charge >= 0.3 is 0 Å². The first-order valence-corrected chi connectivity index (χ1v) is 8.52. The van der Waals surface area contributed by atoms with Crippen LogP contribution in [0.15, 0.2) is 23.1 Å². The Balaban J connectivity index is 2.09. The monoisotopic (exact) mass is 331 g/mol. The quantitative estimate of drug-likeness (QED) is 0.720. The lowest BCUT2D eigenvalue weighted by molar-refractivity contribution is -0.122. The molecule has 0 aliphatic heterocycles. The number of hydrogen-bond donors (Lipinski definition) is 3. The van der Waals surface area contributed by atoms with E-state index in [9.17, 15) is 13.2 Å². The number of halogens is 1. The van der Waals surface area contributed by atoms with Crippen molar-refractivity contribution in [2.75, 3.05) is 5.73 Å². The Morgan fingerprint density at radius 2 is 1.86 bits per heavy atom. The number of primary amides is 1. The first-order chi connectivity index (χ1) is 9.79. The van der Waals surface area contributed by atoms with E-state index in [0.717, 1.165) is 0 Å². The van der Waals surface area contributed by atoms with Gasteiger partial charge in [-0.15, -0.1) is 0 Å². The van der Waals surface area contributed by atoms with Crippen LogP contribution in [0.4, 0.5) is 5.69 Å². The van der Waals surface area contributed by atoms with Gasteiger partial charge in [-0.2, -0.15) is 0 Å². The van der Waals surface area contributed by atoms with Crippen LogP contribution in [0.5, 0.6) is 0 Å². The van der Waals surface area contributed by atoms with Crippen molar-refractivity contribution in [1.82, 2.24) is 4.72 Å². The number of carbonyl (C=O) groups is 1. The fourth-order valence-corrected chi connectivity index (χ4v) is 4.34. The van der Waals surface area contributed by atoms with Crippen molar-refractivity contribution in [3.8, 4) is 0 Å². The largest absolute Gasteiger partial charge is 0.399 e. The minimum Gasteiger partial charge on any atom is -0.399 e. The minimum absolute atomic E-state index is 0.0267. The molecule has 6 nitrogen and oxygen atoms in total. The molecule has 0 aromatic heterocycles. The third-order valence-electron chi connectivity index (χ3n) is 3.70. The van der Waals surface area contributed by atoms with E-state index in [0.29, 0.717) is 31.4 Å². The molecule has 1 amide bonds. The Morgan fingerprint density at radius 3 is 2.43 bits per heavy atom. The van der Waals surface area contributed by atoms with Crippen molar-refractivity contribution in [3.63, 3.8) is 0 Å². The lowest BCUT2D eigenvalue weighted by atomic mass is 9.86. The van der Waals surface area contributed by atoms with Crippen molar-refractivity contribution in [2.45, 2.75) is 36.6 Å². The highest BCUT2D eigenvalue weighted by molar-refractivity contribution is 7.89. The van der Waals surface area contributed by atoms with Gasteiger partial charge in [0.05, 0.1) is 5.02 Å². The van der Waals surface area contributed by atoms with Crippen LogP contribution in [0, 0.1) is 5.92 Å². The molecule has 1 aromatic rings. The molecule has 0 saturated heterocycles. The molecule has 2 rings (SSSR count). The van der Waals surface area contributed by atoms with E-state index in [-0.39, 0.29) is 27.8 Å². The standard InChI is InChI=1S/C13H18ClN3O3S/c14-11-6-3-9(15)7-12(11)21(19,20)17-10-4-1-8(2-5-10)13(16)18/h3,6-8,10,17H,1-2,4-5,15H2,(H2,16,18). The van der Waals surface area contributed by atoms with E-state index in [4.69, 9.17) is 23.1 Å². The van der Waals surface area contributed by atoms with Gasteiger partial charge in [0.2, 0.25) is 15.9 Å². The van der Waals surface area contributed by atoms with Crippen LogP contribution in [-0.2, 0) is 14.8 Å². The molecule has 21 heavy (non-hydrogen) atoms. The number of sulfonamides is 1. The first kappa shape index (κ1) is 16.1. The highest BCUT2D eigenvalue weighted by Gasteiger charge is 2.28. The molecule has 1 aromatic carbocycles. The number of rotatable bonds is 4. The normalized spacial score (nSPS) is 22.9. The number of hydrogen-bond acceptors (Lipinski definition) is 4. The summed E-state index contributed by atoms with van der Waals surface area (Å²) in [6.45, 7) is 0. The van der Waals surface area contributed by atoms with Gasteiger partial charge in [-0.25, -0.2) is 13.1 Å². The minimum atomic E-state index is -3.73. The molecule has 116 valence electrons. The van der Waals surface area contributed by atoms with Crippen molar-refractivity contribution < 1.29 is 13.2 Å². The number of nitrogen functional groups attached to an aromatic ring is 1. The van der Waals surface area contributed by atoms with Gasteiger partial charge in [0, 0.05) is 17.6 Å². The van der Waals surface area contributed by atoms with Gasteiger partial charge in [0.1, 0.15) is 4.90 Å². The number of carbonyl (C=O) groups excluding carboxylic acids is 1. The molecule has 0 radical (unpaired) electrons. The molecule has 0 heterocycles. The van der Waals surface area contributed by atoms with Crippen LogP contribution >= 0.6 is 11.6 Å². The van der Waals surface area contributed by atoms with E-state index in [1.807, 2.05) is 0 Å². The van der Waals surface area contributed by atoms with E-state index < -0.39 is 10.0 Å². The topological polar surface area (TPSA) is 115 Å². The summed E-state index contributed by atoms with van der Waals surface area (Å²) in [5, 5.41) is 0.127. The summed E-state index contributed by atoms with van der Waals surface area (Å²) in [7, 11) is -3.73. The predicted octanol–water partition coefficient (Wildman–Crippen LogP) is 1.24. The number of amides is 1. The Hall–Kier alpha value is -1.31. The third-order valence-corrected chi connectivity index (χ3v) is 5.70. The molecule has 5 N–H and O–H groups in total. The molecule has 1 aliphatic rings. The Morgan fingerprint density at radius 1 is 1.24 bits per heavy atom. The molecule has 0 bridgehead atoms. The van der Waals surface area contributed by atoms with Crippen molar-refractivity contribution >= 4 is 33.2 Å². The average molecular weight is 332 g/mol. The van der Waals surface area contributed by atoms with Gasteiger partial charge in [0.25, 0.3) is 0 Å². The molecule has 1 fully saturated rings. The molecular formula is C13H18ClN3O3S. The summed E-state index contributed by atoms with van der Waals surface area (Å²) in [5.41, 5.74) is 11.2. The lowest BCUT2D eigenvalue weighted by Gasteiger charge is -2.27. The van der Waals surface area contributed by atoms with Gasteiger partial charge in [-0.3, -0.25) is 4.79 Å². The van der Waals surface area contributed by atoms with Crippen LogP contribution in [0.2, 0.25) is 5.02 Å². The fourth-order valence-electron chi connectivity index (χ4n) is 2.50. The van der Waals surface area contributed by atoms with Gasteiger partial charge in [-0.1, -0.05) is 11.6 Å². The zero-order valence-electron chi connectivity index (χ0n) is 11.4. The number of nitrogens with one attached hydrogen (secondary N) is 1. The second-order valence-electron chi connectivity index (χ2n) is 5.26. The maximum atomic E-state index is 12.3. The second-order valence-corrected chi connectivity index (χ2v) is 7.35. The van der Waals surface area contributed by atoms with E-state index in [2.05, 4.69) is 4.72 Å². The van der Waals surface area contributed by atoms with Crippen LogP contribution in [0.25, 0.3) is 0 Å². The van der Waals surface area contributed by atoms with Crippen molar-refractivity contribution in [2.24, 2.45) is 11.7 Å². The lowest BCUT2D eigenvalue weighted by Crippen LogP contribution is -2.39. The zero-order chi connectivity index (χ0) is 15.6. The molecule has 1 saturated carbocycles. The molecule has 0 spiro atoms. The van der Waals surface area contributed by atoms with E-state index in [1.54, 1.807) is 6.07 Å². The van der Waals surface area contributed by atoms with Crippen molar-refractivity contribution in [3.05, 3.63) is 23.2 Å². The van der Waals surface area contributed by atoms with E-state index in [1.165, 1.54) is 12.1 Å². The molecule has 8 heteroatoms. The van der Waals surface area contributed by atoms with Crippen LogP contribution in [0.3, 0.4) is 0 Å². The fraction of sp³-hybridized carbons (Fsp3) is 0.462. The number of nitrogens with two attached hydrogens (primary N) is 2. The summed E-state index contributed by atoms with van der Waals surface area (Å²) >= 11 is 5.93. The SMILES string of the molecule is NC(=O)C1CCC(NS(=O)(=O)c2cc(N)ccc2Cl)CC1. The summed E-state index contributed by atoms with van der Waals surface area (Å²) < 4.78 is 27.3. The first-order valence-electron chi connectivity index (χ1n) is 6.66. The predicted molar refractivity (Wildman–Crippen MR) is 81.1 cm³/mol. The number of benzene rings is 1. The second kappa shape index (κ2) is 6.21. The number of anilines is 1. The van der Waals surface area contributed by atoms with Gasteiger partial charge in [-0.05, 0) is 43.9 Å². The zero-order valence-corrected chi connectivity index (χ0v) is 13.0. The Kier molecular flexibility index (Phi) is 4.75. The van der Waals surface area contributed by atoms with E-state index >= 15 is 0 Å². The van der Waals surface area contributed by atoms with Crippen LogP contribution < -0.4 is 16.2 Å². The van der Waals surface area contributed by atoms with Crippen LogP contribution in [0.1, 0.15) is 25.7 Å². The summed E-state index contributed by atoms with van der Waals surface area (Å²) in [6, 6.07) is 4.11. The third kappa shape index (κ3) is 3.87. The Bertz CT molecular complexity index is 640. The summed E-state index contributed by atoms with van der Waals surface area (Å²) in [6.07, 6.45) is 2.33. The molecule has 1 aliphatic carbocycles. The van der Waals surface area contributed by atoms with Crippen molar-refractivity contribution in [1.29, 1.82) is 0 Å². The van der Waals surface area contributed by atoms with Gasteiger partial charge < -0.3 is 11.5 Å². The highest BCUT2D eigenvalue weighted by Crippen LogP contribution is 2.27. The van der Waals surface area contributed by atoms with Crippen LogP contribution in [-0.4, -0.2) is 20.4 Å². The summed E-state index contributed by atoms with van der Waals surface area (Å²) in [4.78, 5) is 11.1. The Labute approximate surface area is 128 Å².